The van der Waals surface area contributed by atoms with E-state index in [0.717, 1.165) is 37.4 Å². The minimum atomic E-state index is -3.91. The highest BCUT2D eigenvalue weighted by atomic mass is 35.5. The van der Waals surface area contributed by atoms with Crippen molar-refractivity contribution in [3.8, 4) is 0 Å². The van der Waals surface area contributed by atoms with Gasteiger partial charge in [-0.3, -0.25) is 9.52 Å². The number of hydrogen-bond acceptors (Lipinski definition) is 7. The molecular formula is C22H19ClF3N5O3S. The zero-order valence-electron chi connectivity index (χ0n) is 18.2. The van der Waals surface area contributed by atoms with E-state index in [2.05, 4.69) is 20.6 Å². The largest absolute Gasteiger partial charge is 0.337 e. The number of aromatic nitrogens is 2. The van der Waals surface area contributed by atoms with E-state index >= 15 is 0 Å². The number of carbonyl (C=O) groups is 1. The molecule has 0 unspecified atom stereocenters. The lowest BCUT2D eigenvalue weighted by Gasteiger charge is -2.15. The maximum Gasteiger partial charge on any atom is 0.229 e. The maximum absolute atomic E-state index is 14.4. The number of anilines is 5. The van der Waals surface area contributed by atoms with E-state index in [1.165, 1.54) is 12.1 Å². The van der Waals surface area contributed by atoms with Crippen LogP contribution in [0.25, 0.3) is 0 Å². The molecule has 0 amide bonds. The highest BCUT2D eigenvalue weighted by molar-refractivity contribution is 7.92. The summed E-state index contributed by atoms with van der Waals surface area (Å²) < 4.78 is 67.7. The van der Waals surface area contributed by atoms with Crippen molar-refractivity contribution in [3.63, 3.8) is 0 Å². The molecule has 0 spiro atoms. The van der Waals surface area contributed by atoms with Crippen molar-refractivity contribution in [2.45, 2.75) is 19.3 Å². The van der Waals surface area contributed by atoms with E-state index in [1.54, 1.807) is 0 Å². The fourth-order valence-electron chi connectivity index (χ4n) is 3.22. The second kappa shape index (κ2) is 9.70. The predicted octanol–water partition coefficient (Wildman–Crippen LogP) is 5.39. The third-order valence-corrected chi connectivity index (χ3v) is 5.90. The molecule has 1 aromatic heterocycles. The minimum absolute atomic E-state index is 0.0591. The maximum atomic E-state index is 14.4. The molecule has 2 aromatic carbocycles. The van der Waals surface area contributed by atoms with Crippen LogP contribution in [0, 0.1) is 23.4 Å². The summed E-state index contributed by atoms with van der Waals surface area (Å²) in [6.07, 6.45) is 4.35. The first-order valence-corrected chi connectivity index (χ1v) is 12.6. The van der Waals surface area contributed by atoms with Crippen molar-refractivity contribution in [3.05, 3.63) is 64.6 Å². The molecule has 35 heavy (non-hydrogen) atoms. The zero-order chi connectivity index (χ0) is 25.3. The molecule has 1 aliphatic carbocycles. The van der Waals surface area contributed by atoms with E-state index in [1.807, 2.05) is 4.72 Å². The molecule has 4 rings (SSSR count). The van der Waals surface area contributed by atoms with Gasteiger partial charge in [-0.15, -0.1) is 0 Å². The number of carbonyl (C=O) groups excluding carboxylic acids is 1. The van der Waals surface area contributed by atoms with Gasteiger partial charge in [-0.05, 0) is 43.0 Å². The fourth-order valence-corrected chi connectivity index (χ4v) is 3.94. The van der Waals surface area contributed by atoms with Gasteiger partial charge in [0.05, 0.1) is 23.8 Å². The smallest absolute Gasteiger partial charge is 0.229 e. The number of rotatable bonds is 9. The van der Waals surface area contributed by atoms with Crippen LogP contribution < -0.4 is 15.4 Å². The Morgan fingerprint density at radius 1 is 1.09 bits per heavy atom. The van der Waals surface area contributed by atoms with Gasteiger partial charge < -0.3 is 10.6 Å². The van der Waals surface area contributed by atoms with Crippen LogP contribution >= 0.6 is 11.6 Å². The first-order valence-electron chi connectivity index (χ1n) is 10.3. The topological polar surface area (TPSA) is 113 Å². The van der Waals surface area contributed by atoms with Gasteiger partial charge in [0.1, 0.15) is 22.3 Å². The monoisotopic (exact) mass is 525 g/mol. The summed E-state index contributed by atoms with van der Waals surface area (Å²) >= 11 is 6.11. The Labute approximate surface area is 204 Å². The molecule has 8 nitrogen and oxygen atoms in total. The lowest BCUT2D eigenvalue weighted by Crippen LogP contribution is -2.13. The minimum Gasteiger partial charge on any atom is -0.337 e. The average Bonchev–Trinajstić information content (AvgIpc) is 3.57. The number of halogens is 4. The van der Waals surface area contributed by atoms with Crippen LogP contribution in [0.4, 0.5) is 42.0 Å². The van der Waals surface area contributed by atoms with Gasteiger partial charge in [0.2, 0.25) is 16.0 Å². The Balaban J connectivity index is 1.62. The number of nitrogens with zero attached hydrogens (tertiary/aromatic N) is 2. The van der Waals surface area contributed by atoms with Crippen LogP contribution in [0.2, 0.25) is 5.02 Å². The van der Waals surface area contributed by atoms with Gasteiger partial charge in [0.15, 0.2) is 17.4 Å². The van der Waals surface area contributed by atoms with Crippen molar-refractivity contribution in [2.24, 2.45) is 5.92 Å². The summed E-state index contributed by atoms with van der Waals surface area (Å²) in [7, 11) is -3.91. The molecule has 0 bridgehead atoms. The Bertz CT molecular complexity index is 1420. The summed E-state index contributed by atoms with van der Waals surface area (Å²) in [5.74, 6) is -2.84. The molecule has 0 aliphatic heterocycles. The molecule has 1 heterocycles. The highest BCUT2D eigenvalue weighted by Crippen LogP contribution is 2.35. The van der Waals surface area contributed by atoms with Crippen LogP contribution in [-0.4, -0.2) is 30.4 Å². The molecule has 1 aliphatic rings. The fraction of sp³-hybridized carbons (Fsp3) is 0.227. The quantitative estimate of drug-likeness (QED) is 0.321. The average molecular weight is 526 g/mol. The molecular weight excluding hydrogens is 507 g/mol. The molecule has 13 heteroatoms. The van der Waals surface area contributed by atoms with Gasteiger partial charge in [-0.25, -0.2) is 26.6 Å². The van der Waals surface area contributed by atoms with Crippen molar-refractivity contribution < 1.29 is 26.4 Å². The van der Waals surface area contributed by atoms with E-state index in [9.17, 15) is 26.4 Å². The molecule has 0 saturated heterocycles. The molecule has 0 atom stereocenters. The number of nitrogens with one attached hydrogen (secondary N) is 3. The van der Waals surface area contributed by atoms with Crippen molar-refractivity contribution in [1.82, 2.24) is 9.97 Å². The second-order valence-electron chi connectivity index (χ2n) is 8.09. The molecule has 1 fully saturated rings. The van der Waals surface area contributed by atoms with Crippen molar-refractivity contribution >= 4 is 56.2 Å². The van der Waals surface area contributed by atoms with Gasteiger partial charge >= 0.3 is 0 Å². The van der Waals surface area contributed by atoms with Crippen molar-refractivity contribution in [1.29, 1.82) is 0 Å². The van der Waals surface area contributed by atoms with E-state index in [0.29, 0.717) is 24.0 Å². The van der Waals surface area contributed by atoms with Gasteiger partial charge in [-0.1, -0.05) is 11.6 Å². The third-order valence-electron chi connectivity index (χ3n) is 5.05. The predicted molar refractivity (Wildman–Crippen MR) is 127 cm³/mol. The first-order chi connectivity index (χ1) is 16.5. The molecule has 0 radical (unpaired) electrons. The number of hydrogen-bond donors (Lipinski definition) is 3. The number of Topliss-reactive ketones (excluding diaryl/α,β-unsaturated/α-hetero) is 1. The number of sulfonamides is 1. The summed E-state index contributed by atoms with van der Waals surface area (Å²) in [4.78, 5) is 20.4. The first kappa shape index (κ1) is 24.7. The molecule has 1 saturated carbocycles. The normalized spacial score (nSPS) is 13.4. The van der Waals surface area contributed by atoms with Crippen LogP contribution in [0.1, 0.15) is 29.6 Å². The second-order valence-corrected chi connectivity index (χ2v) is 10.2. The summed E-state index contributed by atoms with van der Waals surface area (Å²) in [5, 5.41) is 5.15. The molecule has 184 valence electrons. The Hall–Kier alpha value is -3.38. The summed E-state index contributed by atoms with van der Waals surface area (Å²) in [6.45, 7) is 0. The Morgan fingerprint density at radius 3 is 2.51 bits per heavy atom. The lowest BCUT2D eigenvalue weighted by atomic mass is 10.1. The van der Waals surface area contributed by atoms with E-state index in [4.69, 9.17) is 11.6 Å². The zero-order valence-corrected chi connectivity index (χ0v) is 19.8. The highest BCUT2D eigenvalue weighted by Gasteiger charge is 2.25. The van der Waals surface area contributed by atoms with Gasteiger partial charge in [-0.2, -0.15) is 4.98 Å². The number of benzene rings is 2. The van der Waals surface area contributed by atoms with Crippen LogP contribution in [0.3, 0.4) is 0 Å². The Morgan fingerprint density at radius 2 is 1.83 bits per heavy atom. The number of ketones is 1. The van der Waals surface area contributed by atoms with E-state index < -0.39 is 33.2 Å². The standard InChI is InChI=1S/C22H19ClF3N5O3S/c1-35(33,34)31-20-16(26)8-13(24)9-18(20)28-21-14(23)10-27-22(30-21)29-17-7-12(4-5-15(17)25)19(32)6-11-2-3-11/h4-5,7-11,31H,2-3,6H2,1H3,(H2,27,28,29,30). The third kappa shape index (κ3) is 6.40. The summed E-state index contributed by atoms with van der Waals surface area (Å²) in [6, 6.07) is 5.25. The van der Waals surface area contributed by atoms with Crippen LogP contribution in [0.5, 0.6) is 0 Å². The SMILES string of the molecule is CS(=O)(=O)Nc1c(F)cc(F)cc1Nc1nc(Nc2cc(C(=O)CC3CC3)ccc2F)ncc1Cl. The van der Waals surface area contributed by atoms with Gasteiger partial charge in [0, 0.05) is 18.1 Å². The van der Waals surface area contributed by atoms with Gasteiger partial charge in [0.25, 0.3) is 0 Å². The summed E-state index contributed by atoms with van der Waals surface area (Å²) in [5.41, 5.74) is -0.583. The van der Waals surface area contributed by atoms with E-state index in [-0.39, 0.29) is 33.9 Å². The van der Waals surface area contributed by atoms with Crippen LogP contribution in [-0.2, 0) is 10.0 Å². The molecule has 3 N–H and O–H groups in total. The Kier molecular flexibility index (Phi) is 6.86. The van der Waals surface area contributed by atoms with Crippen molar-refractivity contribution in [2.75, 3.05) is 21.6 Å². The van der Waals surface area contributed by atoms with Crippen LogP contribution in [0.15, 0.2) is 36.5 Å². The lowest BCUT2D eigenvalue weighted by molar-refractivity contribution is 0.0976. The molecule has 3 aromatic rings.